The van der Waals surface area contributed by atoms with E-state index in [0.29, 0.717) is 5.41 Å². The summed E-state index contributed by atoms with van der Waals surface area (Å²) in [6.45, 7) is 7.69. The van der Waals surface area contributed by atoms with E-state index in [1.54, 1.807) is 0 Å². The molecule has 0 radical (unpaired) electrons. The van der Waals surface area contributed by atoms with E-state index in [9.17, 15) is 5.11 Å². The Balaban J connectivity index is 1.89. The molecule has 1 atom stereocenters. The molecule has 1 N–H and O–H groups in total. The van der Waals surface area contributed by atoms with Crippen molar-refractivity contribution in [3.05, 3.63) is 0 Å². The first-order valence-electron chi connectivity index (χ1n) is 5.03. The molecule has 0 amide bonds. The van der Waals surface area contributed by atoms with E-state index in [0.717, 1.165) is 25.6 Å². The molecule has 1 aliphatic carbocycles. The van der Waals surface area contributed by atoms with Crippen LogP contribution in [0.1, 0.15) is 26.7 Å². The third kappa shape index (κ3) is 1.38. The lowest BCUT2D eigenvalue weighted by Crippen LogP contribution is -2.26. The van der Waals surface area contributed by atoms with E-state index < -0.39 is 0 Å². The topological polar surface area (TPSA) is 23.5 Å². The van der Waals surface area contributed by atoms with Gasteiger partial charge in [0.1, 0.15) is 0 Å². The Morgan fingerprint density at radius 2 is 2.17 bits per heavy atom. The lowest BCUT2D eigenvalue weighted by atomic mass is 10.0. The fourth-order valence-electron chi connectivity index (χ4n) is 2.36. The Morgan fingerprint density at radius 3 is 2.58 bits per heavy atom. The zero-order valence-electron chi connectivity index (χ0n) is 8.08. The fraction of sp³-hybridized carbons (Fsp3) is 1.00. The van der Waals surface area contributed by atoms with Crippen LogP contribution in [0.25, 0.3) is 0 Å². The zero-order chi connectivity index (χ0) is 8.77. The number of nitrogens with zero attached hydrogens (tertiary/aromatic N) is 1. The van der Waals surface area contributed by atoms with Gasteiger partial charge in [-0.3, -0.25) is 4.90 Å². The summed E-state index contributed by atoms with van der Waals surface area (Å²) in [5, 5.41) is 9.76. The van der Waals surface area contributed by atoms with Gasteiger partial charge in [-0.25, -0.2) is 0 Å². The van der Waals surface area contributed by atoms with Crippen LogP contribution in [0, 0.1) is 11.3 Å². The first kappa shape index (κ1) is 8.52. The van der Waals surface area contributed by atoms with Crippen molar-refractivity contribution in [2.75, 3.05) is 19.6 Å². The average molecular weight is 169 g/mol. The highest BCUT2D eigenvalue weighted by molar-refractivity contribution is 5.06. The second-order valence-corrected chi connectivity index (χ2v) is 4.97. The van der Waals surface area contributed by atoms with Gasteiger partial charge in [-0.1, -0.05) is 13.8 Å². The lowest BCUT2D eigenvalue weighted by Gasteiger charge is -2.17. The van der Waals surface area contributed by atoms with Gasteiger partial charge in [0.25, 0.3) is 0 Å². The van der Waals surface area contributed by atoms with Gasteiger partial charge in [-0.15, -0.1) is 0 Å². The number of rotatable bonds is 2. The van der Waals surface area contributed by atoms with Gasteiger partial charge in [-0.05, 0) is 18.8 Å². The van der Waals surface area contributed by atoms with Gasteiger partial charge in [-0.2, -0.15) is 0 Å². The standard InChI is InChI=1S/C10H19NO/c1-8(2)5-11-6-9(12)10(7-11)3-4-10/h8-9,12H,3-7H2,1-2H3. The maximum atomic E-state index is 9.76. The number of hydrogen-bond donors (Lipinski definition) is 1. The van der Waals surface area contributed by atoms with Crippen LogP contribution >= 0.6 is 0 Å². The first-order valence-corrected chi connectivity index (χ1v) is 5.03. The van der Waals surface area contributed by atoms with E-state index in [4.69, 9.17) is 0 Å². The predicted octanol–water partition coefficient (Wildman–Crippen LogP) is 1.10. The molecular formula is C10H19NO. The van der Waals surface area contributed by atoms with Crippen LogP contribution in [0.4, 0.5) is 0 Å². The van der Waals surface area contributed by atoms with Crippen LogP contribution in [0.5, 0.6) is 0 Å². The molecule has 2 nitrogen and oxygen atoms in total. The van der Waals surface area contributed by atoms with Crippen molar-refractivity contribution < 1.29 is 5.11 Å². The van der Waals surface area contributed by atoms with Gasteiger partial charge in [0.2, 0.25) is 0 Å². The SMILES string of the molecule is CC(C)CN1CC(O)C2(CC2)C1. The van der Waals surface area contributed by atoms with Crippen LogP contribution in [-0.2, 0) is 0 Å². The lowest BCUT2D eigenvalue weighted by molar-refractivity contribution is 0.130. The van der Waals surface area contributed by atoms with Crippen molar-refractivity contribution >= 4 is 0 Å². The maximum absolute atomic E-state index is 9.76. The van der Waals surface area contributed by atoms with E-state index in [1.807, 2.05) is 0 Å². The second kappa shape index (κ2) is 2.71. The molecule has 1 heterocycles. The van der Waals surface area contributed by atoms with Crippen LogP contribution in [0.3, 0.4) is 0 Å². The van der Waals surface area contributed by atoms with E-state index in [1.165, 1.54) is 12.8 Å². The van der Waals surface area contributed by atoms with Gasteiger partial charge in [0.05, 0.1) is 6.10 Å². The molecule has 1 unspecified atom stereocenters. The fourth-order valence-corrected chi connectivity index (χ4v) is 2.36. The van der Waals surface area contributed by atoms with Crippen molar-refractivity contribution in [3.63, 3.8) is 0 Å². The molecule has 2 heteroatoms. The molecule has 0 bridgehead atoms. The number of hydrogen-bond acceptors (Lipinski definition) is 2. The monoisotopic (exact) mass is 169 g/mol. The number of aliphatic hydroxyl groups is 1. The minimum absolute atomic E-state index is 0.0313. The molecular weight excluding hydrogens is 150 g/mol. The summed E-state index contributed by atoms with van der Waals surface area (Å²) in [4.78, 5) is 2.42. The Labute approximate surface area is 74.6 Å². The van der Waals surface area contributed by atoms with Crippen molar-refractivity contribution in [2.45, 2.75) is 32.8 Å². The maximum Gasteiger partial charge on any atom is 0.0735 e. The van der Waals surface area contributed by atoms with Crippen LogP contribution in [0.15, 0.2) is 0 Å². The molecule has 2 rings (SSSR count). The van der Waals surface area contributed by atoms with E-state index in [2.05, 4.69) is 18.7 Å². The number of aliphatic hydroxyl groups excluding tert-OH is 1. The minimum Gasteiger partial charge on any atom is -0.391 e. The molecule has 1 aliphatic heterocycles. The summed E-state index contributed by atoms with van der Waals surface area (Å²) >= 11 is 0. The molecule has 1 saturated carbocycles. The smallest absolute Gasteiger partial charge is 0.0735 e. The zero-order valence-corrected chi connectivity index (χ0v) is 8.08. The summed E-state index contributed by atoms with van der Waals surface area (Å²) in [5.41, 5.74) is 0.342. The van der Waals surface area contributed by atoms with Gasteiger partial charge < -0.3 is 5.11 Å². The number of β-amino-alcohol motifs (C(OH)–C–C–N with tert-alkyl or cyclic N) is 1. The van der Waals surface area contributed by atoms with Crippen LogP contribution < -0.4 is 0 Å². The molecule has 0 aromatic heterocycles. The summed E-state index contributed by atoms with van der Waals surface area (Å²) in [6, 6.07) is 0. The third-order valence-corrected chi connectivity index (χ3v) is 3.19. The number of likely N-dealkylation sites (tertiary alicyclic amines) is 1. The Hall–Kier alpha value is -0.0800. The molecule has 70 valence electrons. The minimum atomic E-state index is -0.0313. The van der Waals surface area contributed by atoms with Crippen LogP contribution in [-0.4, -0.2) is 35.7 Å². The summed E-state index contributed by atoms with van der Waals surface area (Å²) in [6.07, 6.45) is 2.47. The van der Waals surface area contributed by atoms with Gasteiger partial charge >= 0.3 is 0 Å². The molecule has 12 heavy (non-hydrogen) atoms. The quantitative estimate of drug-likeness (QED) is 0.669. The largest absolute Gasteiger partial charge is 0.391 e. The van der Waals surface area contributed by atoms with E-state index in [-0.39, 0.29) is 6.10 Å². The molecule has 0 aromatic rings. The molecule has 1 saturated heterocycles. The molecule has 2 aliphatic rings. The summed E-state index contributed by atoms with van der Waals surface area (Å²) in [5.74, 6) is 0.728. The normalized spacial score (nSPS) is 33.5. The van der Waals surface area contributed by atoms with Gasteiger partial charge in [0.15, 0.2) is 0 Å². The highest BCUT2D eigenvalue weighted by Crippen LogP contribution is 2.52. The van der Waals surface area contributed by atoms with Crippen molar-refractivity contribution in [1.82, 2.24) is 4.90 Å². The summed E-state index contributed by atoms with van der Waals surface area (Å²) in [7, 11) is 0. The first-order chi connectivity index (χ1) is 5.62. The Kier molecular flexibility index (Phi) is 1.92. The van der Waals surface area contributed by atoms with E-state index >= 15 is 0 Å². The third-order valence-electron chi connectivity index (χ3n) is 3.19. The Morgan fingerprint density at radius 1 is 1.50 bits per heavy atom. The molecule has 0 aromatic carbocycles. The van der Waals surface area contributed by atoms with Crippen molar-refractivity contribution in [2.24, 2.45) is 11.3 Å². The van der Waals surface area contributed by atoms with Gasteiger partial charge in [0, 0.05) is 25.0 Å². The molecule has 2 fully saturated rings. The average Bonchev–Trinajstić information content (AvgIpc) is 2.60. The van der Waals surface area contributed by atoms with Crippen molar-refractivity contribution in [3.8, 4) is 0 Å². The van der Waals surface area contributed by atoms with Crippen LogP contribution in [0.2, 0.25) is 0 Å². The van der Waals surface area contributed by atoms with Crippen molar-refractivity contribution in [1.29, 1.82) is 0 Å². The highest BCUT2D eigenvalue weighted by atomic mass is 16.3. The summed E-state index contributed by atoms with van der Waals surface area (Å²) < 4.78 is 0. The predicted molar refractivity (Wildman–Crippen MR) is 49.0 cm³/mol. The second-order valence-electron chi connectivity index (χ2n) is 4.97. The highest BCUT2D eigenvalue weighted by Gasteiger charge is 2.54. The Bertz CT molecular complexity index is 175. The molecule has 1 spiro atoms.